The van der Waals surface area contributed by atoms with Gasteiger partial charge in [-0.05, 0) is 19.1 Å². The summed E-state index contributed by atoms with van der Waals surface area (Å²) in [5.41, 5.74) is 1.49. The van der Waals surface area contributed by atoms with Crippen molar-refractivity contribution in [3.05, 3.63) is 46.1 Å². The van der Waals surface area contributed by atoms with Crippen LogP contribution in [0.2, 0.25) is 0 Å². The van der Waals surface area contributed by atoms with Crippen LogP contribution in [0.25, 0.3) is 0 Å². The summed E-state index contributed by atoms with van der Waals surface area (Å²) in [6, 6.07) is 4.82. The highest BCUT2D eigenvalue weighted by molar-refractivity contribution is 5.53. The Morgan fingerprint density at radius 2 is 2.35 bits per heavy atom. The maximum Gasteiger partial charge on any atom is 0.272 e. The van der Waals surface area contributed by atoms with Crippen molar-refractivity contribution in [1.29, 1.82) is 0 Å². The van der Waals surface area contributed by atoms with Gasteiger partial charge in [-0.25, -0.2) is 0 Å². The first-order valence-corrected chi connectivity index (χ1v) is 4.91. The molecule has 0 fully saturated rings. The topological polar surface area (TPSA) is 94.1 Å². The quantitative estimate of drug-likeness (QED) is 0.641. The summed E-state index contributed by atoms with van der Waals surface area (Å²) in [6.07, 6.45) is 1.25. The number of nitrogens with zero attached hydrogens (tertiary/aromatic N) is 3. The monoisotopic (exact) mass is 234 g/mol. The average Bonchev–Trinajstić information content (AvgIpc) is 2.78. The molecule has 0 radical (unpaired) electrons. The van der Waals surface area contributed by atoms with Crippen molar-refractivity contribution in [1.82, 2.24) is 10.1 Å². The number of aromatic nitrogens is 2. The van der Waals surface area contributed by atoms with Gasteiger partial charge in [0.25, 0.3) is 5.69 Å². The summed E-state index contributed by atoms with van der Waals surface area (Å²) in [5, 5.41) is 17.3. The lowest BCUT2D eigenvalue weighted by atomic mass is 10.2. The van der Waals surface area contributed by atoms with Gasteiger partial charge in [-0.1, -0.05) is 5.16 Å². The molecule has 0 amide bonds. The van der Waals surface area contributed by atoms with Crippen LogP contribution in [0.1, 0.15) is 11.4 Å². The SMILES string of the molecule is Cc1cc(NCc2ncon2)ccc1[N+](=O)[O-]. The molecule has 0 saturated heterocycles. The molecule has 0 atom stereocenters. The minimum Gasteiger partial charge on any atom is -0.378 e. The average molecular weight is 234 g/mol. The third kappa shape index (κ3) is 2.57. The number of rotatable bonds is 4. The number of hydrogen-bond acceptors (Lipinski definition) is 6. The summed E-state index contributed by atoms with van der Waals surface area (Å²) in [6.45, 7) is 2.10. The van der Waals surface area contributed by atoms with E-state index < -0.39 is 4.92 Å². The lowest BCUT2D eigenvalue weighted by molar-refractivity contribution is -0.385. The van der Waals surface area contributed by atoms with Crippen LogP contribution in [0.5, 0.6) is 0 Å². The molecule has 7 nitrogen and oxygen atoms in total. The van der Waals surface area contributed by atoms with E-state index in [1.165, 1.54) is 12.5 Å². The van der Waals surface area contributed by atoms with Crippen LogP contribution in [0.15, 0.2) is 29.1 Å². The fourth-order valence-electron chi connectivity index (χ4n) is 1.42. The molecule has 0 aliphatic heterocycles. The Balaban J connectivity index is 2.07. The predicted octanol–water partition coefficient (Wildman–Crippen LogP) is 1.90. The molecule has 1 aromatic carbocycles. The summed E-state index contributed by atoms with van der Waals surface area (Å²) in [4.78, 5) is 14.1. The zero-order valence-electron chi connectivity index (χ0n) is 9.08. The maximum absolute atomic E-state index is 10.6. The first-order valence-electron chi connectivity index (χ1n) is 4.91. The normalized spacial score (nSPS) is 10.2. The van der Waals surface area contributed by atoms with E-state index in [4.69, 9.17) is 0 Å². The molecular weight excluding hydrogens is 224 g/mol. The van der Waals surface area contributed by atoms with Crippen LogP contribution < -0.4 is 5.32 Å². The Morgan fingerprint density at radius 1 is 1.53 bits per heavy atom. The van der Waals surface area contributed by atoms with Crippen LogP contribution in [0, 0.1) is 17.0 Å². The van der Waals surface area contributed by atoms with Gasteiger partial charge in [-0.3, -0.25) is 10.1 Å². The van der Waals surface area contributed by atoms with Crippen LogP contribution in [0.4, 0.5) is 11.4 Å². The van der Waals surface area contributed by atoms with Crippen LogP contribution in [-0.2, 0) is 6.54 Å². The van der Waals surface area contributed by atoms with E-state index >= 15 is 0 Å². The number of aryl methyl sites for hydroxylation is 1. The molecule has 2 rings (SSSR count). The van der Waals surface area contributed by atoms with E-state index in [9.17, 15) is 10.1 Å². The number of benzene rings is 1. The second-order valence-corrected chi connectivity index (χ2v) is 3.46. The first kappa shape index (κ1) is 11.1. The van der Waals surface area contributed by atoms with Gasteiger partial charge in [0.15, 0.2) is 5.82 Å². The van der Waals surface area contributed by atoms with Crippen molar-refractivity contribution in [2.24, 2.45) is 0 Å². The molecule has 17 heavy (non-hydrogen) atoms. The third-order valence-corrected chi connectivity index (χ3v) is 2.25. The summed E-state index contributed by atoms with van der Waals surface area (Å²) in [5.74, 6) is 0.529. The van der Waals surface area contributed by atoms with Gasteiger partial charge in [-0.2, -0.15) is 4.98 Å². The van der Waals surface area contributed by atoms with Gasteiger partial charge in [0.1, 0.15) is 0 Å². The maximum atomic E-state index is 10.6. The zero-order valence-corrected chi connectivity index (χ0v) is 9.08. The Bertz CT molecular complexity index is 524. The third-order valence-electron chi connectivity index (χ3n) is 2.25. The van der Waals surface area contributed by atoms with E-state index in [-0.39, 0.29) is 5.69 Å². The molecule has 1 heterocycles. The molecule has 1 aromatic heterocycles. The Labute approximate surface area is 96.6 Å². The molecule has 2 aromatic rings. The lowest BCUT2D eigenvalue weighted by Gasteiger charge is -2.04. The minimum absolute atomic E-state index is 0.107. The molecule has 7 heteroatoms. The van der Waals surface area contributed by atoms with Gasteiger partial charge in [0.05, 0.1) is 11.5 Å². The molecule has 0 aliphatic carbocycles. The largest absolute Gasteiger partial charge is 0.378 e. The van der Waals surface area contributed by atoms with Crippen molar-refractivity contribution >= 4 is 11.4 Å². The summed E-state index contributed by atoms with van der Waals surface area (Å²) >= 11 is 0. The Hall–Kier alpha value is -2.44. The minimum atomic E-state index is -0.404. The van der Waals surface area contributed by atoms with Gasteiger partial charge in [0.2, 0.25) is 6.39 Å². The van der Waals surface area contributed by atoms with Gasteiger partial charge in [-0.15, -0.1) is 0 Å². The highest BCUT2D eigenvalue weighted by atomic mass is 16.6. The highest BCUT2D eigenvalue weighted by Gasteiger charge is 2.10. The molecule has 0 saturated carbocycles. The predicted molar refractivity (Wildman–Crippen MR) is 59.5 cm³/mol. The van der Waals surface area contributed by atoms with Crippen LogP contribution >= 0.6 is 0 Å². The van der Waals surface area contributed by atoms with Crippen molar-refractivity contribution in [3.8, 4) is 0 Å². The highest BCUT2D eigenvalue weighted by Crippen LogP contribution is 2.21. The molecular formula is C10H10N4O3. The number of nitro groups is 1. The van der Waals surface area contributed by atoms with E-state index in [0.29, 0.717) is 17.9 Å². The van der Waals surface area contributed by atoms with Gasteiger partial charge >= 0.3 is 0 Å². The van der Waals surface area contributed by atoms with E-state index in [1.54, 1.807) is 19.1 Å². The second kappa shape index (κ2) is 4.60. The smallest absolute Gasteiger partial charge is 0.272 e. The van der Waals surface area contributed by atoms with E-state index in [2.05, 4.69) is 20.0 Å². The number of hydrogen-bond donors (Lipinski definition) is 1. The summed E-state index contributed by atoms with van der Waals surface area (Å²) < 4.78 is 4.59. The van der Waals surface area contributed by atoms with Crippen molar-refractivity contribution in [3.63, 3.8) is 0 Å². The van der Waals surface area contributed by atoms with Crippen molar-refractivity contribution in [2.45, 2.75) is 13.5 Å². The second-order valence-electron chi connectivity index (χ2n) is 3.46. The molecule has 0 bridgehead atoms. The standard InChI is InChI=1S/C10H10N4O3/c1-7-4-8(2-3-9(7)14(15)16)11-5-10-12-6-17-13-10/h2-4,6,11H,5H2,1H3. The van der Waals surface area contributed by atoms with Crippen LogP contribution in [0.3, 0.4) is 0 Å². The van der Waals surface area contributed by atoms with Gasteiger partial charge in [0, 0.05) is 17.3 Å². The lowest BCUT2D eigenvalue weighted by Crippen LogP contribution is -2.02. The van der Waals surface area contributed by atoms with Crippen molar-refractivity contribution in [2.75, 3.05) is 5.32 Å². The number of nitro benzene ring substituents is 1. The first-order chi connectivity index (χ1) is 8.16. The zero-order chi connectivity index (χ0) is 12.3. The Morgan fingerprint density at radius 3 is 2.94 bits per heavy atom. The van der Waals surface area contributed by atoms with Crippen LogP contribution in [-0.4, -0.2) is 15.1 Å². The van der Waals surface area contributed by atoms with Gasteiger partial charge < -0.3 is 9.84 Å². The van der Waals surface area contributed by atoms with Crippen molar-refractivity contribution < 1.29 is 9.45 Å². The van der Waals surface area contributed by atoms with E-state index in [0.717, 1.165) is 5.69 Å². The van der Waals surface area contributed by atoms with E-state index in [1.807, 2.05) is 0 Å². The molecule has 0 spiro atoms. The molecule has 1 N–H and O–H groups in total. The molecule has 0 unspecified atom stereocenters. The Kier molecular flexibility index (Phi) is 2.99. The number of anilines is 1. The number of nitrogens with one attached hydrogen (secondary N) is 1. The molecule has 88 valence electrons. The summed E-state index contributed by atoms with van der Waals surface area (Å²) in [7, 11) is 0. The fourth-order valence-corrected chi connectivity index (χ4v) is 1.42. The molecule has 0 aliphatic rings. The fraction of sp³-hybridized carbons (Fsp3) is 0.200.